The lowest BCUT2D eigenvalue weighted by Crippen LogP contribution is -2.51. The van der Waals surface area contributed by atoms with Gasteiger partial charge in [-0.2, -0.15) is 0 Å². The normalized spacial score (nSPS) is 11.3. The minimum Gasteiger partial charge on any atom is -0.549 e. The van der Waals surface area contributed by atoms with E-state index >= 15 is 0 Å². The van der Waals surface area contributed by atoms with E-state index in [9.17, 15) is 19.5 Å². The fourth-order valence-electron chi connectivity index (χ4n) is 2.51. The van der Waals surface area contributed by atoms with Gasteiger partial charge in [0, 0.05) is 0 Å². The highest BCUT2D eigenvalue weighted by Gasteiger charge is 2.41. The Labute approximate surface area is 121 Å². The average Bonchev–Trinajstić information content (AvgIpc) is 2.35. The molecule has 0 fully saturated rings. The Kier molecular flexibility index (Phi) is 9.10. The van der Waals surface area contributed by atoms with E-state index in [4.69, 9.17) is 0 Å². The molecule has 0 rings (SSSR count). The molecule has 0 radical (unpaired) electrons. The highest BCUT2D eigenvalue weighted by atomic mass is 16.4. The average molecular weight is 283 g/mol. The first-order chi connectivity index (χ1) is 9.39. The Morgan fingerprint density at radius 3 is 1.55 bits per heavy atom. The number of aliphatic carboxylic acids is 1. The summed E-state index contributed by atoms with van der Waals surface area (Å²) in [5, 5.41) is 11.2. The lowest BCUT2D eigenvalue weighted by atomic mass is 9.76. The quantitative estimate of drug-likeness (QED) is 0.407. The first-order valence-electron chi connectivity index (χ1n) is 7.63. The van der Waals surface area contributed by atoms with Gasteiger partial charge in [0.25, 0.3) is 0 Å². The van der Waals surface area contributed by atoms with E-state index in [1.807, 2.05) is 0 Å². The number of ketones is 2. The molecule has 0 aromatic heterocycles. The molecule has 4 nitrogen and oxygen atoms in total. The molecule has 0 N–H and O–H groups in total. The molecule has 0 saturated heterocycles. The molecule has 0 aromatic rings. The van der Waals surface area contributed by atoms with Crippen LogP contribution in [0.1, 0.15) is 78.6 Å². The molecule has 0 bridgehead atoms. The van der Waals surface area contributed by atoms with Crippen LogP contribution in [0.2, 0.25) is 0 Å². The zero-order valence-corrected chi connectivity index (χ0v) is 13.0. The van der Waals surface area contributed by atoms with Gasteiger partial charge in [-0.25, -0.2) is 0 Å². The van der Waals surface area contributed by atoms with Crippen molar-refractivity contribution in [3.63, 3.8) is 0 Å². The summed E-state index contributed by atoms with van der Waals surface area (Å²) >= 11 is 0. The van der Waals surface area contributed by atoms with Crippen LogP contribution in [0.5, 0.6) is 0 Å². The highest BCUT2D eigenvalue weighted by Crippen LogP contribution is 2.27. The molecular weight excluding hydrogens is 256 g/mol. The zero-order chi connectivity index (χ0) is 15.6. The number of carboxylic acid groups (broad SMARTS) is 1. The maximum atomic E-state index is 11.5. The third-order valence-electron chi connectivity index (χ3n) is 3.96. The van der Waals surface area contributed by atoms with E-state index < -0.39 is 23.0 Å². The summed E-state index contributed by atoms with van der Waals surface area (Å²) in [6, 6.07) is 0. The molecule has 0 heterocycles. The van der Waals surface area contributed by atoms with Crippen molar-refractivity contribution in [2.75, 3.05) is 0 Å². The van der Waals surface area contributed by atoms with Gasteiger partial charge in [0.1, 0.15) is 17.0 Å². The van der Waals surface area contributed by atoms with Gasteiger partial charge in [0.05, 0.1) is 5.97 Å². The Morgan fingerprint density at radius 2 is 1.20 bits per heavy atom. The van der Waals surface area contributed by atoms with Crippen LogP contribution < -0.4 is 5.11 Å². The minimum absolute atomic E-state index is 0.0644. The zero-order valence-electron chi connectivity index (χ0n) is 13.0. The SMILES string of the molecule is CCCCCCCCCCC(C(C)=O)(C(C)=O)C(=O)[O-]. The van der Waals surface area contributed by atoms with E-state index in [0.717, 1.165) is 33.1 Å². The lowest BCUT2D eigenvalue weighted by Gasteiger charge is -2.29. The van der Waals surface area contributed by atoms with Crippen LogP contribution in [0, 0.1) is 5.41 Å². The number of carbonyl (C=O) groups excluding carboxylic acids is 3. The summed E-state index contributed by atoms with van der Waals surface area (Å²) in [5.41, 5.74) is -1.93. The maximum Gasteiger partial charge on any atom is 0.149 e. The van der Waals surface area contributed by atoms with E-state index in [2.05, 4.69) is 6.92 Å². The summed E-state index contributed by atoms with van der Waals surface area (Å²) in [6.07, 6.45) is 8.52. The van der Waals surface area contributed by atoms with Crippen molar-refractivity contribution >= 4 is 17.5 Å². The molecule has 0 atom stereocenters. The topological polar surface area (TPSA) is 74.3 Å². The highest BCUT2D eigenvalue weighted by molar-refractivity contribution is 6.20. The smallest absolute Gasteiger partial charge is 0.149 e. The van der Waals surface area contributed by atoms with Crippen LogP contribution in [0.4, 0.5) is 0 Å². The third kappa shape index (κ3) is 5.43. The monoisotopic (exact) mass is 283 g/mol. The fraction of sp³-hybridized carbons (Fsp3) is 0.812. The largest absolute Gasteiger partial charge is 0.549 e. The molecule has 0 aliphatic carbocycles. The van der Waals surface area contributed by atoms with Crippen molar-refractivity contribution in [1.29, 1.82) is 0 Å². The Morgan fingerprint density at radius 1 is 0.800 bits per heavy atom. The van der Waals surface area contributed by atoms with E-state index in [0.29, 0.717) is 6.42 Å². The van der Waals surface area contributed by atoms with Crippen molar-refractivity contribution in [3.8, 4) is 0 Å². The number of hydrogen-bond acceptors (Lipinski definition) is 4. The number of rotatable bonds is 12. The Balaban J connectivity index is 4.14. The number of Topliss-reactive ketones (excluding diaryl/α,β-unsaturated/α-hetero) is 2. The van der Waals surface area contributed by atoms with Crippen molar-refractivity contribution in [1.82, 2.24) is 0 Å². The second-order valence-electron chi connectivity index (χ2n) is 5.53. The van der Waals surface area contributed by atoms with E-state index in [-0.39, 0.29) is 6.42 Å². The van der Waals surface area contributed by atoms with Gasteiger partial charge in [-0.15, -0.1) is 0 Å². The molecule has 0 unspecified atom stereocenters. The van der Waals surface area contributed by atoms with Crippen LogP contribution in [0.25, 0.3) is 0 Å². The van der Waals surface area contributed by atoms with E-state index in [1.54, 1.807) is 0 Å². The van der Waals surface area contributed by atoms with Crippen LogP contribution >= 0.6 is 0 Å². The second kappa shape index (κ2) is 9.67. The van der Waals surface area contributed by atoms with Gasteiger partial charge in [0.2, 0.25) is 0 Å². The summed E-state index contributed by atoms with van der Waals surface area (Å²) in [6.45, 7) is 4.48. The van der Waals surface area contributed by atoms with Gasteiger partial charge in [-0.3, -0.25) is 9.59 Å². The summed E-state index contributed by atoms with van der Waals surface area (Å²) < 4.78 is 0. The Bertz CT molecular complexity index is 297. The Hall–Kier alpha value is -1.19. The number of hydrogen-bond donors (Lipinski definition) is 0. The number of carbonyl (C=O) groups is 3. The van der Waals surface area contributed by atoms with Crippen molar-refractivity contribution in [2.45, 2.75) is 78.6 Å². The first kappa shape index (κ1) is 18.8. The van der Waals surface area contributed by atoms with Crippen LogP contribution in [-0.4, -0.2) is 17.5 Å². The van der Waals surface area contributed by atoms with Crippen molar-refractivity contribution < 1.29 is 19.5 Å². The van der Waals surface area contributed by atoms with Crippen LogP contribution in [-0.2, 0) is 14.4 Å². The lowest BCUT2D eigenvalue weighted by molar-refractivity contribution is -0.314. The molecule has 0 aliphatic heterocycles. The molecule has 116 valence electrons. The predicted octanol–water partition coefficient (Wildman–Crippen LogP) is 2.43. The molecule has 0 saturated carbocycles. The van der Waals surface area contributed by atoms with Crippen LogP contribution in [0.15, 0.2) is 0 Å². The third-order valence-corrected chi connectivity index (χ3v) is 3.96. The molecular formula is C16H27O4-. The number of carboxylic acids is 1. The fourth-order valence-corrected chi connectivity index (χ4v) is 2.51. The van der Waals surface area contributed by atoms with Gasteiger partial charge in [-0.05, 0) is 20.3 Å². The summed E-state index contributed by atoms with van der Waals surface area (Å²) in [5.74, 6) is -2.79. The minimum atomic E-state index is -1.93. The molecule has 0 spiro atoms. The molecule has 0 aliphatic rings. The van der Waals surface area contributed by atoms with Gasteiger partial charge >= 0.3 is 0 Å². The predicted molar refractivity (Wildman–Crippen MR) is 76.0 cm³/mol. The van der Waals surface area contributed by atoms with Gasteiger partial charge < -0.3 is 9.90 Å². The van der Waals surface area contributed by atoms with Gasteiger partial charge in [-0.1, -0.05) is 58.3 Å². The molecule has 20 heavy (non-hydrogen) atoms. The van der Waals surface area contributed by atoms with Crippen LogP contribution in [0.3, 0.4) is 0 Å². The maximum absolute atomic E-state index is 11.5. The molecule has 0 amide bonds. The summed E-state index contributed by atoms with van der Waals surface area (Å²) in [7, 11) is 0. The first-order valence-corrected chi connectivity index (χ1v) is 7.63. The number of unbranched alkanes of at least 4 members (excludes halogenated alkanes) is 7. The van der Waals surface area contributed by atoms with E-state index in [1.165, 1.54) is 25.7 Å². The van der Waals surface area contributed by atoms with Crippen molar-refractivity contribution in [3.05, 3.63) is 0 Å². The standard InChI is InChI=1S/C16H28O4/c1-4-5-6-7-8-9-10-11-12-16(13(2)17,14(3)18)15(19)20/h4-12H2,1-3H3,(H,19,20)/p-1. The molecule has 4 heteroatoms. The second-order valence-corrected chi connectivity index (χ2v) is 5.53. The summed E-state index contributed by atoms with van der Waals surface area (Å²) in [4.78, 5) is 34.3. The van der Waals surface area contributed by atoms with Gasteiger partial charge in [0.15, 0.2) is 0 Å². The molecule has 0 aromatic carbocycles. The van der Waals surface area contributed by atoms with Crippen molar-refractivity contribution in [2.24, 2.45) is 5.41 Å².